The molecule has 2 aromatic heterocycles. The highest BCUT2D eigenvalue weighted by Crippen LogP contribution is 2.54. The molecule has 0 bridgehead atoms. The predicted octanol–water partition coefficient (Wildman–Crippen LogP) is 14.2. The van der Waals surface area contributed by atoms with E-state index < -0.39 is 0 Å². The van der Waals surface area contributed by atoms with Crippen molar-refractivity contribution in [2.24, 2.45) is 0 Å². The first-order valence-electron chi connectivity index (χ1n) is 22.0. The summed E-state index contributed by atoms with van der Waals surface area (Å²) >= 11 is 1.97. The van der Waals surface area contributed by atoms with Crippen molar-refractivity contribution in [1.82, 2.24) is 4.57 Å². The van der Waals surface area contributed by atoms with E-state index in [4.69, 9.17) is 0 Å². The third-order valence-corrected chi connectivity index (χ3v) is 15.2. The van der Waals surface area contributed by atoms with E-state index in [-0.39, 0.29) is 12.1 Å². The van der Waals surface area contributed by atoms with E-state index in [1.165, 1.54) is 120 Å². The van der Waals surface area contributed by atoms with Crippen LogP contribution in [-0.4, -0.2) is 11.3 Å². The van der Waals surface area contributed by atoms with Crippen molar-refractivity contribution in [1.29, 1.82) is 0 Å². The van der Waals surface area contributed by atoms with Crippen LogP contribution in [0.2, 0.25) is 0 Å². The van der Waals surface area contributed by atoms with Gasteiger partial charge < -0.3 is 14.4 Å². The zero-order chi connectivity index (χ0) is 41.7. The first kappa shape index (κ1) is 35.3. The fourth-order valence-electron chi connectivity index (χ4n) is 11.2. The molecule has 3 aliphatic rings. The number of aromatic nitrogens is 1. The number of hydrogen-bond acceptors (Lipinski definition) is 3. The van der Waals surface area contributed by atoms with Crippen LogP contribution in [0.1, 0.15) is 26.3 Å². The number of thiophene rings is 1. The minimum Gasteiger partial charge on any atom is -0.310 e. The van der Waals surface area contributed by atoms with E-state index in [1.54, 1.807) is 0 Å². The largest absolute Gasteiger partial charge is 0.310 e. The maximum Gasteiger partial charge on any atom is 0.264 e. The van der Waals surface area contributed by atoms with Crippen LogP contribution in [0, 0.1) is 0 Å². The average molecular weight is 822 g/mol. The van der Waals surface area contributed by atoms with E-state index in [0.29, 0.717) is 0 Å². The fraction of sp³-hybridized carbons (Fsp3) is 0.0690. The van der Waals surface area contributed by atoms with Crippen LogP contribution in [0.5, 0.6) is 0 Å². The van der Waals surface area contributed by atoms with Gasteiger partial charge in [-0.3, -0.25) is 0 Å². The second-order valence-electron chi connectivity index (χ2n) is 18.5. The lowest BCUT2D eigenvalue weighted by Crippen LogP contribution is -2.61. The molecule has 5 heterocycles. The minimum atomic E-state index is -0.112. The molecule has 0 spiro atoms. The Kier molecular flexibility index (Phi) is 7.07. The molecule has 0 fully saturated rings. The highest BCUT2D eigenvalue weighted by atomic mass is 32.1. The van der Waals surface area contributed by atoms with Gasteiger partial charge in [-0.2, -0.15) is 0 Å². The van der Waals surface area contributed by atoms with E-state index in [1.807, 2.05) is 11.3 Å². The molecule has 0 amide bonds. The van der Waals surface area contributed by atoms with E-state index in [2.05, 4.69) is 223 Å². The van der Waals surface area contributed by atoms with Crippen LogP contribution in [0.25, 0.3) is 70.6 Å². The summed E-state index contributed by atoms with van der Waals surface area (Å²) in [6.07, 6.45) is 0. The Morgan fingerprint density at radius 2 is 1.16 bits per heavy atom. The lowest BCUT2D eigenvalue weighted by atomic mass is 9.36. The normalized spacial score (nSPS) is 13.5. The zero-order valence-electron chi connectivity index (χ0n) is 35.2. The molecule has 0 N–H and O–H groups in total. The van der Waals surface area contributed by atoms with Crippen LogP contribution in [0.4, 0.5) is 34.1 Å². The topological polar surface area (TPSA) is 11.4 Å². The summed E-state index contributed by atoms with van der Waals surface area (Å²) < 4.78 is 5.23. The van der Waals surface area contributed by atoms with E-state index in [9.17, 15) is 0 Å². The number of benzene rings is 9. The Balaban J connectivity index is 1.09. The number of hydrogen-bond donors (Lipinski definition) is 0. The molecule has 0 saturated heterocycles. The Morgan fingerprint density at radius 3 is 2.00 bits per heavy atom. The Morgan fingerprint density at radius 1 is 0.476 bits per heavy atom. The van der Waals surface area contributed by atoms with Gasteiger partial charge in [-0.25, -0.2) is 0 Å². The van der Waals surface area contributed by atoms with Gasteiger partial charge in [0.25, 0.3) is 6.71 Å². The summed E-state index contributed by atoms with van der Waals surface area (Å²) in [5.74, 6) is 0. The zero-order valence-corrected chi connectivity index (χ0v) is 36.0. The van der Waals surface area contributed by atoms with Crippen molar-refractivity contribution < 1.29 is 0 Å². The molecule has 0 unspecified atom stereocenters. The lowest BCUT2D eigenvalue weighted by Gasteiger charge is -2.46. The maximum atomic E-state index is 2.63. The van der Waals surface area contributed by atoms with Crippen LogP contribution in [0.15, 0.2) is 188 Å². The van der Waals surface area contributed by atoms with E-state index >= 15 is 0 Å². The summed E-state index contributed by atoms with van der Waals surface area (Å²) in [6.45, 7) is 7.12. The summed E-state index contributed by atoms with van der Waals surface area (Å²) in [5.41, 5.74) is 20.1. The van der Waals surface area contributed by atoms with Crippen LogP contribution in [0.3, 0.4) is 0 Å². The van der Waals surface area contributed by atoms with Crippen molar-refractivity contribution in [3.8, 4) is 27.9 Å². The molecule has 0 radical (unpaired) electrons. The molecular formula is C58H40BN3S. The van der Waals surface area contributed by atoms with Gasteiger partial charge in [0.05, 0.1) is 33.8 Å². The first-order chi connectivity index (χ1) is 30.9. The van der Waals surface area contributed by atoms with Gasteiger partial charge in [0.15, 0.2) is 0 Å². The molecule has 63 heavy (non-hydrogen) atoms. The minimum absolute atomic E-state index is 0.0385. The Bertz CT molecular complexity index is 3740. The van der Waals surface area contributed by atoms with Crippen LogP contribution >= 0.6 is 11.3 Å². The summed E-state index contributed by atoms with van der Waals surface area (Å²) in [5, 5.41) is 6.40. The number of fused-ring (bicyclic) bond motifs is 12. The molecule has 3 nitrogen and oxygen atoms in total. The second-order valence-corrected chi connectivity index (χ2v) is 19.6. The van der Waals surface area contributed by atoms with Gasteiger partial charge in [-0.1, -0.05) is 154 Å². The number of anilines is 6. The molecular weight excluding hydrogens is 782 g/mol. The van der Waals surface area contributed by atoms with Crippen LogP contribution < -0.4 is 25.5 Å². The highest BCUT2D eigenvalue weighted by molar-refractivity contribution is 7.33. The summed E-state index contributed by atoms with van der Waals surface area (Å²) in [7, 11) is 0. The molecule has 3 aliphatic heterocycles. The number of nitrogens with zero attached hydrogens (tertiary/aromatic N) is 3. The fourth-order valence-corrected chi connectivity index (χ4v) is 12.5. The lowest BCUT2D eigenvalue weighted by molar-refractivity contribution is 0.590. The van der Waals surface area contributed by atoms with Crippen molar-refractivity contribution in [3.05, 3.63) is 194 Å². The third-order valence-electron chi connectivity index (χ3n) is 14.0. The van der Waals surface area contributed by atoms with Gasteiger partial charge in [-0.05, 0) is 110 Å². The smallest absolute Gasteiger partial charge is 0.264 e. The van der Waals surface area contributed by atoms with Crippen molar-refractivity contribution >= 4 is 111 Å². The molecule has 5 heteroatoms. The van der Waals surface area contributed by atoms with Crippen LogP contribution in [-0.2, 0) is 5.41 Å². The molecule has 11 aromatic rings. The Labute approximate surface area is 370 Å². The van der Waals surface area contributed by atoms with Crippen molar-refractivity contribution in [2.45, 2.75) is 26.2 Å². The quantitative estimate of drug-likeness (QED) is 0.165. The first-order valence-corrected chi connectivity index (χ1v) is 22.9. The van der Waals surface area contributed by atoms with E-state index in [0.717, 1.165) is 5.69 Å². The van der Waals surface area contributed by atoms with Gasteiger partial charge in [0.2, 0.25) is 0 Å². The summed E-state index contributed by atoms with van der Waals surface area (Å²) in [4.78, 5) is 5.25. The van der Waals surface area contributed by atoms with Crippen molar-refractivity contribution in [2.75, 3.05) is 9.80 Å². The molecule has 9 aromatic carbocycles. The van der Waals surface area contributed by atoms with Gasteiger partial charge in [0.1, 0.15) is 0 Å². The monoisotopic (exact) mass is 821 g/mol. The van der Waals surface area contributed by atoms with Gasteiger partial charge in [-0.15, -0.1) is 11.3 Å². The predicted molar refractivity (Wildman–Crippen MR) is 271 cm³/mol. The molecule has 0 atom stereocenters. The van der Waals surface area contributed by atoms with Gasteiger partial charge in [0, 0.05) is 42.7 Å². The molecule has 0 aliphatic carbocycles. The van der Waals surface area contributed by atoms with Gasteiger partial charge >= 0.3 is 0 Å². The number of para-hydroxylation sites is 3. The maximum absolute atomic E-state index is 2.63. The average Bonchev–Trinajstić information content (AvgIpc) is 3.87. The Hall–Kier alpha value is -7.34. The number of rotatable bonds is 3. The van der Waals surface area contributed by atoms with Crippen molar-refractivity contribution in [3.63, 3.8) is 0 Å². The standard InChI is InChI=1S/C58H40BN3S/c1-58(2,3)39-33-50-53-51(34-39)62-48-24-12-21-44-43-19-9-10-23-47(43)61(54(44)48)49-25-13-22-46(56(49)62)59(53)57-55(45-32-38(28-31-52(45)63-57)35-14-5-4-6-15-35)60(50)40-29-26-37(27-30-40)42-20-11-17-36-16-7-8-18-41(36)42/h4-34H,1-3H3. The molecule has 14 rings (SSSR count). The molecule has 296 valence electrons. The summed E-state index contributed by atoms with van der Waals surface area (Å²) in [6, 6.07) is 70.7. The highest BCUT2D eigenvalue weighted by Gasteiger charge is 2.48. The second kappa shape index (κ2) is 12.6. The SMILES string of the molecule is CC(C)(C)c1cc2c3c(c1)N1c4c(cccc4-n4c5ccccc5c5cccc1c54)B3c1sc3ccc(-c4ccccc4)cc3c1N2c1ccc(-c2cccc3ccccc23)cc1. The molecule has 0 saturated carbocycles. The third kappa shape index (κ3) is 4.80.